The minimum absolute atomic E-state index is 0.109. The van der Waals surface area contributed by atoms with Gasteiger partial charge in [0.2, 0.25) is 0 Å². The van der Waals surface area contributed by atoms with Crippen LogP contribution >= 0.6 is 0 Å². The molecule has 0 bridgehead atoms. The van der Waals surface area contributed by atoms with E-state index in [9.17, 15) is 9.59 Å². The van der Waals surface area contributed by atoms with E-state index in [4.69, 9.17) is 5.11 Å². The highest BCUT2D eigenvalue weighted by Crippen LogP contribution is 2.46. The fourth-order valence-electron chi connectivity index (χ4n) is 3.55. The summed E-state index contributed by atoms with van der Waals surface area (Å²) in [5.74, 6) is -1.07. The maximum absolute atomic E-state index is 12.2. The highest BCUT2D eigenvalue weighted by atomic mass is 16.4. The van der Waals surface area contributed by atoms with Gasteiger partial charge in [0.1, 0.15) is 6.04 Å². The number of carbonyl (C=O) groups is 2. The molecular formula is C15H26N2O3. The molecule has 0 radical (unpaired) electrons. The molecule has 1 saturated heterocycles. The van der Waals surface area contributed by atoms with Gasteiger partial charge in [0.05, 0.1) is 0 Å². The van der Waals surface area contributed by atoms with E-state index >= 15 is 0 Å². The van der Waals surface area contributed by atoms with Crippen LogP contribution in [0.5, 0.6) is 0 Å². The van der Waals surface area contributed by atoms with E-state index in [1.165, 1.54) is 25.7 Å². The molecule has 1 aliphatic heterocycles. The van der Waals surface area contributed by atoms with Crippen LogP contribution in [0.4, 0.5) is 4.79 Å². The first kappa shape index (κ1) is 15.1. The topological polar surface area (TPSA) is 69.6 Å². The quantitative estimate of drug-likeness (QED) is 0.835. The summed E-state index contributed by atoms with van der Waals surface area (Å²) >= 11 is 0. The van der Waals surface area contributed by atoms with Crippen molar-refractivity contribution in [2.75, 3.05) is 13.1 Å². The number of carboxylic acid groups (broad SMARTS) is 1. The number of carbonyl (C=O) groups excluding carboxylic acids is 1. The van der Waals surface area contributed by atoms with E-state index < -0.39 is 12.0 Å². The minimum Gasteiger partial charge on any atom is -0.480 e. The van der Waals surface area contributed by atoms with Crippen LogP contribution in [0.3, 0.4) is 0 Å². The van der Waals surface area contributed by atoms with Crippen molar-refractivity contribution in [3.05, 3.63) is 0 Å². The summed E-state index contributed by atoms with van der Waals surface area (Å²) in [7, 11) is 0. The van der Waals surface area contributed by atoms with Crippen LogP contribution in [-0.2, 0) is 4.79 Å². The van der Waals surface area contributed by atoms with Crippen LogP contribution in [0, 0.1) is 11.3 Å². The summed E-state index contributed by atoms with van der Waals surface area (Å²) < 4.78 is 0. The Balaban J connectivity index is 1.86. The second-order valence-electron chi connectivity index (χ2n) is 6.70. The van der Waals surface area contributed by atoms with Crippen molar-refractivity contribution in [2.24, 2.45) is 11.3 Å². The van der Waals surface area contributed by atoms with Crippen molar-refractivity contribution in [1.82, 2.24) is 10.2 Å². The predicted octanol–water partition coefficient (Wildman–Crippen LogP) is 2.46. The third-order valence-electron chi connectivity index (χ3n) is 4.99. The molecule has 20 heavy (non-hydrogen) atoms. The van der Waals surface area contributed by atoms with Crippen molar-refractivity contribution in [1.29, 1.82) is 0 Å². The monoisotopic (exact) mass is 282 g/mol. The average Bonchev–Trinajstić information content (AvgIpc) is 2.84. The van der Waals surface area contributed by atoms with Crippen LogP contribution in [0.2, 0.25) is 0 Å². The summed E-state index contributed by atoms with van der Waals surface area (Å²) in [6, 6.07) is -1.02. The van der Waals surface area contributed by atoms with Gasteiger partial charge in [-0.3, -0.25) is 0 Å². The predicted molar refractivity (Wildman–Crippen MR) is 76.5 cm³/mol. The summed E-state index contributed by atoms with van der Waals surface area (Å²) in [4.78, 5) is 25.1. The van der Waals surface area contributed by atoms with Crippen molar-refractivity contribution >= 4 is 12.0 Å². The fourth-order valence-corrected chi connectivity index (χ4v) is 3.55. The molecule has 1 spiro atoms. The van der Waals surface area contributed by atoms with E-state index in [1.54, 1.807) is 4.90 Å². The zero-order valence-corrected chi connectivity index (χ0v) is 12.5. The van der Waals surface area contributed by atoms with Crippen LogP contribution in [0.25, 0.3) is 0 Å². The Bertz CT molecular complexity index is 365. The molecule has 0 aromatic rings. The fraction of sp³-hybridized carbons (Fsp3) is 0.867. The Hall–Kier alpha value is -1.26. The number of hydrogen-bond donors (Lipinski definition) is 2. The molecule has 0 aromatic heterocycles. The number of hydrogen-bond acceptors (Lipinski definition) is 2. The molecular weight excluding hydrogens is 256 g/mol. The van der Waals surface area contributed by atoms with Gasteiger partial charge in [-0.15, -0.1) is 0 Å². The number of piperidine rings is 1. The van der Waals surface area contributed by atoms with Crippen molar-refractivity contribution in [3.63, 3.8) is 0 Å². The van der Waals surface area contributed by atoms with Crippen molar-refractivity contribution < 1.29 is 14.7 Å². The molecule has 1 atom stereocenters. The number of amides is 2. The summed E-state index contributed by atoms with van der Waals surface area (Å²) in [6.07, 6.45) is 7.37. The first-order valence-corrected chi connectivity index (χ1v) is 7.72. The lowest BCUT2D eigenvalue weighted by molar-refractivity contribution is -0.140. The van der Waals surface area contributed by atoms with Gasteiger partial charge in [-0.2, -0.15) is 0 Å². The first-order chi connectivity index (χ1) is 9.43. The lowest BCUT2D eigenvalue weighted by Gasteiger charge is -2.39. The van der Waals surface area contributed by atoms with Crippen LogP contribution in [0.1, 0.15) is 52.4 Å². The van der Waals surface area contributed by atoms with Gasteiger partial charge in [-0.05, 0) is 37.0 Å². The Kier molecular flexibility index (Phi) is 4.55. The Morgan fingerprint density at radius 3 is 2.10 bits per heavy atom. The van der Waals surface area contributed by atoms with E-state index in [-0.39, 0.29) is 11.9 Å². The number of urea groups is 1. The highest BCUT2D eigenvalue weighted by Gasteiger charge is 2.38. The van der Waals surface area contributed by atoms with Crippen molar-refractivity contribution in [3.8, 4) is 0 Å². The molecule has 5 nitrogen and oxygen atoms in total. The maximum atomic E-state index is 12.2. The third-order valence-corrected chi connectivity index (χ3v) is 4.99. The minimum atomic E-state index is -0.961. The maximum Gasteiger partial charge on any atom is 0.326 e. The lowest BCUT2D eigenvalue weighted by Crippen LogP contribution is -2.52. The zero-order chi connectivity index (χ0) is 14.8. The van der Waals surface area contributed by atoms with Gasteiger partial charge >= 0.3 is 12.0 Å². The van der Waals surface area contributed by atoms with E-state index in [2.05, 4.69) is 5.32 Å². The van der Waals surface area contributed by atoms with Gasteiger partial charge in [0.25, 0.3) is 0 Å². The number of aliphatic carboxylic acids is 1. The van der Waals surface area contributed by atoms with Gasteiger partial charge in [0.15, 0.2) is 0 Å². The van der Waals surface area contributed by atoms with Gasteiger partial charge in [0, 0.05) is 13.1 Å². The molecule has 2 amide bonds. The van der Waals surface area contributed by atoms with Gasteiger partial charge in [-0.1, -0.05) is 26.7 Å². The molecule has 2 N–H and O–H groups in total. The molecule has 5 heteroatoms. The molecule has 2 fully saturated rings. The first-order valence-electron chi connectivity index (χ1n) is 7.72. The van der Waals surface area contributed by atoms with Gasteiger partial charge < -0.3 is 15.3 Å². The Morgan fingerprint density at radius 1 is 1.10 bits per heavy atom. The smallest absolute Gasteiger partial charge is 0.326 e. The molecule has 114 valence electrons. The number of nitrogens with zero attached hydrogens (tertiary/aromatic N) is 1. The summed E-state index contributed by atoms with van der Waals surface area (Å²) in [5, 5.41) is 11.8. The summed E-state index contributed by atoms with van der Waals surface area (Å²) in [6.45, 7) is 5.14. The molecule has 1 saturated carbocycles. The van der Waals surface area contributed by atoms with Crippen LogP contribution in [0.15, 0.2) is 0 Å². The van der Waals surface area contributed by atoms with E-state index in [0.29, 0.717) is 5.41 Å². The molecule has 0 aromatic carbocycles. The number of likely N-dealkylation sites (tertiary alicyclic amines) is 1. The number of rotatable bonds is 3. The third kappa shape index (κ3) is 3.25. The lowest BCUT2D eigenvalue weighted by atomic mass is 9.77. The SMILES string of the molecule is CC(C)C(NC(=O)N1CCC2(CCCC2)CC1)C(=O)O. The molecule has 2 rings (SSSR count). The molecule has 1 aliphatic carbocycles. The van der Waals surface area contributed by atoms with Crippen molar-refractivity contribution in [2.45, 2.75) is 58.4 Å². The Morgan fingerprint density at radius 2 is 1.65 bits per heavy atom. The van der Waals surface area contributed by atoms with Crippen LogP contribution < -0.4 is 5.32 Å². The molecule has 1 unspecified atom stereocenters. The normalized spacial score (nSPS) is 23.1. The number of nitrogens with one attached hydrogen (secondary N) is 1. The van der Waals surface area contributed by atoms with Crippen LogP contribution in [-0.4, -0.2) is 41.1 Å². The standard InChI is InChI=1S/C15H26N2O3/c1-11(2)12(13(18)19)16-14(20)17-9-7-15(8-10-17)5-3-4-6-15/h11-12H,3-10H2,1-2H3,(H,16,20)(H,18,19). The van der Waals surface area contributed by atoms with E-state index in [1.807, 2.05) is 13.8 Å². The summed E-state index contributed by atoms with van der Waals surface area (Å²) in [5.41, 5.74) is 0.473. The molecule has 2 aliphatic rings. The molecule has 1 heterocycles. The highest BCUT2D eigenvalue weighted by molar-refractivity contribution is 5.82. The largest absolute Gasteiger partial charge is 0.480 e. The zero-order valence-electron chi connectivity index (χ0n) is 12.5. The second kappa shape index (κ2) is 6.02. The number of carboxylic acids is 1. The average molecular weight is 282 g/mol. The second-order valence-corrected chi connectivity index (χ2v) is 6.70. The Labute approximate surface area is 120 Å². The van der Waals surface area contributed by atoms with Gasteiger partial charge in [-0.25, -0.2) is 9.59 Å². The van der Waals surface area contributed by atoms with E-state index in [0.717, 1.165) is 25.9 Å².